The van der Waals surface area contributed by atoms with Crippen LogP contribution in [0.15, 0.2) is 6.07 Å². The minimum absolute atomic E-state index is 0.284. The van der Waals surface area contributed by atoms with Crippen LogP contribution < -0.4 is 10.2 Å². The van der Waals surface area contributed by atoms with Crippen molar-refractivity contribution in [3.8, 4) is 11.8 Å². The first-order valence-corrected chi connectivity index (χ1v) is 9.01. The van der Waals surface area contributed by atoms with Crippen LogP contribution in [-0.4, -0.2) is 48.9 Å². The van der Waals surface area contributed by atoms with E-state index in [-0.39, 0.29) is 5.28 Å². The molecule has 3 heterocycles. The van der Waals surface area contributed by atoms with Gasteiger partial charge in [-0.1, -0.05) is 11.8 Å². The number of hydrogen-bond donors (Lipinski definition) is 1. The number of rotatable bonds is 3. The van der Waals surface area contributed by atoms with E-state index in [1.54, 1.807) is 11.3 Å². The van der Waals surface area contributed by atoms with Gasteiger partial charge in [0.1, 0.15) is 0 Å². The quantitative estimate of drug-likeness (QED) is 0.681. The largest absolute Gasteiger partial charge is 0.378 e. The van der Waals surface area contributed by atoms with E-state index < -0.39 is 0 Å². The second-order valence-electron chi connectivity index (χ2n) is 5.70. The molecule has 4 rings (SSSR count). The Hall–Kier alpha value is -1.39. The Morgan fingerprint density at radius 1 is 1.35 bits per heavy atom. The zero-order valence-electron chi connectivity index (χ0n) is 12.6. The van der Waals surface area contributed by atoms with Gasteiger partial charge in [-0.3, -0.25) is 0 Å². The molecule has 1 aliphatic carbocycles. The molecule has 2 aromatic heterocycles. The summed E-state index contributed by atoms with van der Waals surface area (Å²) in [5.41, 5.74) is 0.871. The van der Waals surface area contributed by atoms with Crippen LogP contribution in [0.4, 0.5) is 5.82 Å². The molecule has 120 valence electrons. The number of morpholine rings is 1. The Kier molecular flexibility index (Phi) is 4.36. The van der Waals surface area contributed by atoms with Crippen LogP contribution in [0.2, 0.25) is 5.28 Å². The summed E-state index contributed by atoms with van der Waals surface area (Å²) in [4.78, 5) is 12.0. The molecule has 0 amide bonds. The SMILES string of the molecule is Clc1nc(N2CCOCC2)c2sc(C#CCNC3CC3)cc2n1. The van der Waals surface area contributed by atoms with Crippen LogP contribution in [-0.2, 0) is 4.74 Å². The molecule has 0 bridgehead atoms. The van der Waals surface area contributed by atoms with Crippen LogP contribution >= 0.6 is 22.9 Å². The van der Waals surface area contributed by atoms with Crippen LogP contribution in [0.25, 0.3) is 10.2 Å². The standard InChI is InChI=1S/C16H17ClN4OS/c17-16-19-13-10-12(2-1-5-18-11-3-4-11)23-14(13)15(20-16)21-6-8-22-9-7-21/h10-11,18H,3-9H2. The third-order valence-electron chi connectivity index (χ3n) is 3.91. The number of ether oxygens (including phenoxy) is 1. The van der Waals surface area contributed by atoms with Gasteiger partial charge in [0, 0.05) is 19.1 Å². The molecule has 5 nitrogen and oxygen atoms in total. The Morgan fingerprint density at radius 3 is 2.96 bits per heavy atom. The smallest absolute Gasteiger partial charge is 0.224 e. The minimum atomic E-state index is 0.284. The summed E-state index contributed by atoms with van der Waals surface area (Å²) in [6, 6.07) is 2.69. The number of nitrogens with one attached hydrogen (secondary N) is 1. The van der Waals surface area contributed by atoms with Crippen molar-refractivity contribution in [2.45, 2.75) is 18.9 Å². The molecule has 7 heteroatoms. The molecule has 2 aliphatic rings. The van der Waals surface area contributed by atoms with Crippen molar-refractivity contribution in [2.75, 3.05) is 37.7 Å². The minimum Gasteiger partial charge on any atom is -0.378 e. The van der Waals surface area contributed by atoms with Crippen molar-refractivity contribution in [1.82, 2.24) is 15.3 Å². The molecule has 0 spiro atoms. The first-order valence-electron chi connectivity index (χ1n) is 7.81. The fourth-order valence-corrected chi connectivity index (χ4v) is 3.71. The zero-order valence-corrected chi connectivity index (χ0v) is 14.2. The van der Waals surface area contributed by atoms with E-state index in [4.69, 9.17) is 16.3 Å². The third-order valence-corrected chi connectivity index (χ3v) is 5.11. The van der Waals surface area contributed by atoms with E-state index in [1.165, 1.54) is 12.8 Å². The fourth-order valence-electron chi connectivity index (χ4n) is 2.55. The Balaban J connectivity index is 1.61. The van der Waals surface area contributed by atoms with Crippen molar-refractivity contribution in [3.63, 3.8) is 0 Å². The van der Waals surface area contributed by atoms with Crippen molar-refractivity contribution in [2.24, 2.45) is 0 Å². The summed E-state index contributed by atoms with van der Waals surface area (Å²) < 4.78 is 6.47. The van der Waals surface area contributed by atoms with E-state index >= 15 is 0 Å². The van der Waals surface area contributed by atoms with Crippen molar-refractivity contribution in [3.05, 3.63) is 16.2 Å². The van der Waals surface area contributed by atoms with Crippen molar-refractivity contribution < 1.29 is 4.74 Å². The predicted molar refractivity (Wildman–Crippen MR) is 93.4 cm³/mol. The molecule has 1 saturated heterocycles. The summed E-state index contributed by atoms with van der Waals surface area (Å²) in [6.07, 6.45) is 2.56. The van der Waals surface area contributed by atoms with Gasteiger partial charge < -0.3 is 15.0 Å². The number of hydrogen-bond acceptors (Lipinski definition) is 6. The maximum Gasteiger partial charge on any atom is 0.224 e. The lowest BCUT2D eigenvalue weighted by atomic mass is 10.3. The topological polar surface area (TPSA) is 50.3 Å². The van der Waals surface area contributed by atoms with Crippen LogP contribution in [0, 0.1) is 11.8 Å². The number of anilines is 1. The predicted octanol–water partition coefficient (Wildman–Crippen LogP) is 2.28. The third kappa shape index (κ3) is 3.59. The summed E-state index contributed by atoms with van der Waals surface area (Å²) in [5, 5.41) is 3.68. The molecule has 0 radical (unpaired) electrons. The number of thiophene rings is 1. The van der Waals surface area contributed by atoms with Gasteiger partial charge in [-0.25, -0.2) is 4.98 Å². The van der Waals surface area contributed by atoms with Gasteiger partial charge in [-0.15, -0.1) is 11.3 Å². The van der Waals surface area contributed by atoms with Crippen molar-refractivity contribution >= 4 is 39.0 Å². The lowest BCUT2D eigenvalue weighted by molar-refractivity contribution is 0.122. The van der Waals surface area contributed by atoms with Crippen molar-refractivity contribution in [1.29, 1.82) is 0 Å². The summed E-state index contributed by atoms with van der Waals surface area (Å²) >= 11 is 7.73. The zero-order chi connectivity index (χ0) is 15.6. The maximum absolute atomic E-state index is 6.10. The lowest BCUT2D eigenvalue weighted by Crippen LogP contribution is -2.36. The Labute approximate surface area is 144 Å². The van der Waals surface area contributed by atoms with Crippen LogP contribution in [0.3, 0.4) is 0 Å². The average molecular weight is 349 g/mol. The first kappa shape index (κ1) is 15.2. The number of aromatic nitrogens is 2. The van der Waals surface area contributed by atoms with Crippen LogP contribution in [0.5, 0.6) is 0 Å². The number of fused-ring (bicyclic) bond motifs is 1. The number of halogens is 1. The lowest BCUT2D eigenvalue weighted by Gasteiger charge is -2.28. The molecule has 23 heavy (non-hydrogen) atoms. The van der Waals surface area contributed by atoms with E-state index in [1.807, 2.05) is 6.07 Å². The van der Waals surface area contributed by atoms with Gasteiger partial charge in [0.15, 0.2) is 5.82 Å². The highest BCUT2D eigenvalue weighted by molar-refractivity contribution is 7.20. The molecule has 0 atom stereocenters. The Morgan fingerprint density at radius 2 is 2.17 bits per heavy atom. The molecule has 2 aromatic rings. The highest BCUT2D eigenvalue weighted by Crippen LogP contribution is 2.33. The molecule has 1 N–H and O–H groups in total. The van der Waals surface area contributed by atoms with Gasteiger partial charge in [0.25, 0.3) is 0 Å². The van der Waals surface area contributed by atoms with E-state index in [9.17, 15) is 0 Å². The van der Waals surface area contributed by atoms with Gasteiger partial charge in [-0.2, -0.15) is 4.98 Å². The van der Waals surface area contributed by atoms with Gasteiger partial charge in [0.05, 0.1) is 34.9 Å². The second kappa shape index (κ2) is 6.62. The maximum atomic E-state index is 6.10. The van der Waals surface area contributed by atoms with Gasteiger partial charge >= 0.3 is 0 Å². The molecule has 2 fully saturated rings. The van der Waals surface area contributed by atoms with Crippen LogP contribution in [0.1, 0.15) is 17.7 Å². The molecule has 1 aliphatic heterocycles. The monoisotopic (exact) mass is 348 g/mol. The molecule has 1 saturated carbocycles. The van der Waals surface area contributed by atoms with E-state index in [0.29, 0.717) is 19.3 Å². The normalized spacial score (nSPS) is 18.0. The summed E-state index contributed by atoms with van der Waals surface area (Å²) in [6.45, 7) is 3.82. The average Bonchev–Trinajstić information content (AvgIpc) is 3.30. The summed E-state index contributed by atoms with van der Waals surface area (Å²) in [7, 11) is 0. The van der Waals surface area contributed by atoms with E-state index in [2.05, 4.69) is 32.0 Å². The Bertz CT molecular complexity index is 771. The molecule has 0 aromatic carbocycles. The van der Waals surface area contributed by atoms with E-state index in [0.717, 1.165) is 40.5 Å². The number of nitrogens with zero attached hydrogens (tertiary/aromatic N) is 3. The van der Waals surface area contributed by atoms with Gasteiger partial charge in [0.2, 0.25) is 5.28 Å². The summed E-state index contributed by atoms with van der Waals surface area (Å²) in [5.74, 6) is 7.30. The molecular weight excluding hydrogens is 332 g/mol. The second-order valence-corrected chi connectivity index (χ2v) is 7.09. The van der Waals surface area contributed by atoms with Gasteiger partial charge in [-0.05, 0) is 30.5 Å². The highest BCUT2D eigenvalue weighted by atomic mass is 35.5. The first-order chi connectivity index (χ1) is 11.3. The molecular formula is C16H17ClN4OS. The molecule has 0 unspecified atom stereocenters. The highest BCUT2D eigenvalue weighted by Gasteiger charge is 2.20. The fraction of sp³-hybridized carbons (Fsp3) is 0.500.